The predicted octanol–water partition coefficient (Wildman–Crippen LogP) is -1.25. The highest BCUT2D eigenvalue weighted by Gasteiger charge is 2.66. The van der Waals surface area contributed by atoms with Gasteiger partial charge >= 0.3 is 23.9 Å². The number of benzene rings is 1. The largest absolute Gasteiger partial charge is 0.504 e. The third-order valence-corrected chi connectivity index (χ3v) is 11.0. The quantitative estimate of drug-likeness (QED) is 0.0352. The van der Waals surface area contributed by atoms with Crippen LogP contribution in [-0.4, -0.2) is 133 Å². The van der Waals surface area contributed by atoms with Crippen LogP contribution >= 0.6 is 34.9 Å². The van der Waals surface area contributed by atoms with E-state index in [0.29, 0.717) is 34.7 Å². The third-order valence-electron chi connectivity index (χ3n) is 8.42. The Balaban J connectivity index is 1.16. The lowest BCUT2D eigenvalue weighted by atomic mass is 9.80. The first-order valence-electron chi connectivity index (χ1n) is 14.4. The van der Waals surface area contributed by atoms with Crippen molar-refractivity contribution in [3.63, 3.8) is 0 Å². The number of aromatic hydroxyl groups is 2. The van der Waals surface area contributed by atoms with Crippen LogP contribution in [0.25, 0.3) is 0 Å². The second-order valence-corrected chi connectivity index (χ2v) is 13.9. The van der Waals surface area contributed by atoms with Gasteiger partial charge in [0, 0.05) is 30.9 Å². The van der Waals surface area contributed by atoms with Crippen molar-refractivity contribution in [1.29, 1.82) is 0 Å². The van der Waals surface area contributed by atoms with Gasteiger partial charge in [-0.2, -0.15) is 9.36 Å². The summed E-state index contributed by atoms with van der Waals surface area (Å²) in [5, 5.41) is 44.4. The van der Waals surface area contributed by atoms with Gasteiger partial charge in [0.15, 0.2) is 16.6 Å². The van der Waals surface area contributed by atoms with Gasteiger partial charge in [0.25, 0.3) is 11.7 Å². The average molecular weight is 754 g/mol. The van der Waals surface area contributed by atoms with Gasteiger partial charge < -0.3 is 41.2 Å². The molecule has 3 atom stereocenters. The SMILES string of the molecule is Nc1nc(/C(=N/OC2(C(=O)O)CCC2)C(=O)N[C@@H]2C(=O)N3C[C@@](C(=O)O)(N4CCN(NC(=O)C(=O)c5ccc(O)c(O)c5Cl)C4=O)S[C@H]23)ns1. The molecule has 1 saturated carbocycles. The average Bonchev–Trinajstić information content (AvgIpc) is 3.75. The number of phenols is 2. The second kappa shape index (κ2) is 12.5. The topological polar surface area (TPSA) is 308 Å². The molecule has 8 N–H and O–H groups in total. The molecule has 2 aromatic rings. The zero-order valence-electron chi connectivity index (χ0n) is 25.1. The Hall–Kier alpha value is -5.42. The number of halogens is 1. The minimum atomic E-state index is -2.09. The molecule has 5 amide bonds. The number of carbonyl (C=O) groups excluding carboxylic acids is 5. The van der Waals surface area contributed by atoms with Gasteiger partial charge in [-0.1, -0.05) is 28.5 Å². The molecule has 4 heterocycles. The van der Waals surface area contributed by atoms with Gasteiger partial charge in [0.2, 0.25) is 27.9 Å². The van der Waals surface area contributed by atoms with Crippen LogP contribution in [0.1, 0.15) is 35.4 Å². The van der Waals surface area contributed by atoms with Crippen molar-refractivity contribution in [2.75, 3.05) is 25.4 Å². The number of phenolic OH excluding ortho intramolecular Hbond substituents is 2. The molecule has 4 aliphatic rings. The van der Waals surface area contributed by atoms with Crippen molar-refractivity contribution in [3.05, 3.63) is 28.5 Å². The van der Waals surface area contributed by atoms with Crippen molar-refractivity contribution >= 4 is 87.2 Å². The van der Waals surface area contributed by atoms with Crippen LogP contribution in [0.4, 0.5) is 9.93 Å². The van der Waals surface area contributed by atoms with E-state index in [9.17, 15) is 54.0 Å². The van der Waals surface area contributed by atoms with Crippen molar-refractivity contribution in [2.45, 2.75) is 41.2 Å². The summed E-state index contributed by atoms with van der Waals surface area (Å²) in [5.41, 5.74) is 5.00. The number of aromatic nitrogens is 2. The fraction of sp³-hybridized carbons (Fsp3) is 0.385. The number of thioether (sulfide) groups is 1. The number of amides is 5. The number of hydrogen-bond acceptors (Lipinski definition) is 16. The van der Waals surface area contributed by atoms with Gasteiger partial charge in [0.05, 0.1) is 23.7 Å². The fourth-order valence-electron chi connectivity index (χ4n) is 5.51. The van der Waals surface area contributed by atoms with E-state index in [-0.39, 0.29) is 36.9 Å². The summed E-state index contributed by atoms with van der Waals surface area (Å²) in [7, 11) is 0. The first-order chi connectivity index (χ1) is 23.6. The Morgan fingerprint density at radius 1 is 1.08 bits per heavy atom. The predicted molar refractivity (Wildman–Crippen MR) is 168 cm³/mol. The molecule has 6 rings (SSSR count). The number of carboxylic acid groups (broad SMARTS) is 2. The molecule has 0 spiro atoms. The van der Waals surface area contributed by atoms with E-state index < -0.39 is 97.7 Å². The molecule has 50 heavy (non-hydrogen) atoms. The van der Waals surface area contributed by atoms with Gasteiger partial charge in [-0.3, -0.25) is 29.5 Å². The number of anilines is 1. The standard InChI is InChI=1S/C26H24ClN9O12S2/c27-11-9(2-3-10(37)15(11)39)14(38)18(41)31-36-7-6-35(24(36)47)26(22(45)46)8-34-19(42)13(20(34)49-26)29-17(40)12(16-30-23(28)50-33-16)32-48-25(21(43)44)4-1-5-25/h2-3,13,20,37,39H,1,4-8H2,(H,29,40)(H,31,41)(H,43,44)(H,45,46)(H2,28,30,33)/b32-12-/t13-,20-,26-/m1/s1. The number of oxime groups is 1. The van der Waals surface area contributed by atoms with Crippen LogP contribution in [0, 0.1) is 0 Å². The van der Waals surface area contributed by atoms with E-state index in [1.807, 2.05) is 0 Å². The van der Waals surface area contributed by atoms with E-state index in [2.05, 4.69) is 25.3 Å². The zero-order valence-corrected chi connectivity index (χ0v) is 27.5. The van der Waals surface area contributed by atoms with Crippen molar-refractivity contribution in [1.82, 2.24) is 34.9 Å². The Morgan fingerprint density at radius 3 is 2.40 bits per heavy atom. The summed E-state index contributed by atoms with van der Waals surface area (Å²) >= 11 is 7.25. The summed E-state index contributed by atoms with van der Waals surface area (Å²) in [6.07, 6.45) is 0.802. The molecule has 4 fully saturated rings. The van der Waals surface area contributed by atoms with E-state index in [4.69, 9.17) is 22.2 Å². The number of Topliss-reactive ketones (excluding diaryl/α,β-unsaturated/α-hetero) is 1. The van der Waals surface area contributed by atoms with E-state index >= 15 is 0 Å². The number of hydrogen-bond donors (Lipinski definition) is 7. The summed E-state index contributed by atoms with van der Waals surface area (Å²) in [6.45, 7) is -1.05. The zero-order chi connectivity index (χ0) is 36.3. The number of urea groups is 1. The number of nitrogens with two attached hydrogens (primary N) is 1. The maximum absolute atomic E-state index is 13.4. The molecule has 1 aliphatic carbocycles. The number of nitrogens with one attached hydrogen (secondary N) is 2. The molecule has 1 aromatic heterocycles. The second-order valence-electron chi connectivity index (χ2n) is 11.3. The van der Waals surface area contributed by atoms with Gasteiger partial charge in [-0.25, -0.2) is 19.4 Å². The Kier molecular flexibility index (Phi) is 8.59. The molecular weight excluding hydrogens is 730 g/mol. The minimum Gasteiger partial charge on any atom is -0.504 e. The summed E-state index contributed by atoms with van der Waals surface area (Å²) in [6, 6.07) is -0.452. The normalized spacial score (nSPS) is 23.9. The first kappa shape index (κ1) is 34.4. The van der Waals surface area contributed by atoms with E-state index in [1.54, 1.807) is 0 Å². The lowest BCUT2D eigenvalue weighted by molar-refractivity contribution is -0.178. The monoisotopic (exact) mass is 753 g/mol. The number of carboxylic acids is 2. The van der Waals surface area contributed by atoms with E-state index in [0.717, 1.165) is 21.9 Å². The molecule has 0 bridgehead atoms. The van der Waals surface area contributed by atoms with Crippen molar-refractivity contribution < 1.29 is 58.8 Å². The van der Waals surface area contributed by atoms with Gasteiger partial charge in [-0.05, 0) is 18.6 Å². The number of ketones is 1. The van der Waals surface area contributed by atoms with Gasteiger partial charge in [-0.15, -0.1) is 0 Å². The number of β-lactam (4-membered cyclic amide) rings is 1. The highest BCUT2D eigenvalue weighted by molar-refractivity contribution is 8.02. The van der Waals surface area contributed by atoms with Crippen LogP contribution in [-0.2, 0) is 28.8 Å². The van der Waals surface area contributed by atoms with E-state index in [1.165, 1.54) is 0 Å². The lowest BCUT2D eigenvalue weighted by Gasteiger charge is -2.41. The van der Waals surface area contributed by atoms with Crippen LogP contribution in [0.5, 0.6) is 11.5 Å². The van der Waals surface area contributed by atoms with Crippen molar-refractivity contribution in [2.24, 2.45) is 5.16 Å². The number of nitrogen functional groups attached to an aromatic ring is 1. The Bertz CT molecular complexity index is 1900. The molecule has 3 saturated heterocycles. The number of hydrazine groups is 1. The van der Waals surface area contributed by atoms with Crippen LogP contribution in [0.15, 0.2) is 17.3 Å². The molecule has 24 heteroatoms. The highest BCUT2D eigenvalue weighted by atomic mass is 35.5. The minimum absolute atomic E-state index is 0.0473. The van der Waals surface area contributed by atoms with Gasteiger partial charge in [0.1, 0.15) is 11.4 Å². The Morgan fingerprint density at radius 2 is 1.80 bits per heavy atom. The lowest BCUT2D eigenvalue weighted by Crippen LogP contribution is -2.68. The van der Waals surface area contributed by atoms with Crippen molar-refractivity contribution in [3.8, 4) is 11.5 Å². The molecule has 1 aromatic carbocycles. The third kappa shape index (κ3) is 5.51. The number of aliphatic carboxylic acids is 2. The number of carbonyl (C=O) groups is 7. The maximum Gasteiger partial charge on any atom is 0.350 e. The molecular formula is C26H24ClN9O12S2. The van der Waals surface area contributed by atoms with Crippen LogP contribution in [0.2, 0.25) is 5.02 Å². The molecule has 0 unspecified atom stereocenters. The number of rotatable bonds is 11. The van der Waals surface area contributed by atoms with Crippen LogP contribution in [0.3, 0.4) is 0 Å². The maximum atomic E-state index is 13.4. The highest BCUT2D eigenvalue weighted by Crippen LogP contribution is 2.49. The number of fused-ring (bicyclic) bond motifs is 1. The molecule has 3 aliphatic heterocycles. The molecule has 21 nitrogen and oxygen atoms in total. The van der Waals surface area contributed by atoms with Crippen LogP contribution < -0.4 is 16.5 Å². The molecule has 0 radical (unpaired) electrons. The summed E-state index contributed by atoms with van der Waals surface area (Å²) in [5.74, 6) is -8.99. The summed E-state index contributed by atoms with van der Waals surface area (Å²) < 4.78 is 3.92. The smallest absolute Gasteiger partial charge is 0.350 e. The Labute approximate surface area is 292 Å². The molecule has 264 valence electrons. The summed E-state index contributed by atoms with van der Waals surface area (Å²) in [4.78, 5) is 98.9. The fourth-order valence-corrected chi connectivity index (χ4v) is 7.82. The number of nitrogens with zero attached hydrogens (tertiary/aromatic N) is 6. The first-order valence-corrected chi connectivity index (χ1v) is 16.4.